The number of nitrogens with one attached hydrogen (secondary N) is 1. The van der Waals surface area contributed by atoms with E-state index in [9.17, 15) is 14.4 Å². The highest BCUT2D eigenvalue weighted by Crippen LogP contribution is 2.42. The van der Waals surface area contributed by atoms with Crippen LogP contribution in [0.25, 0.3) is 0 Å². The van der Waals surface area contributed by atoms with Gasteiger partial charge in [0.15, 0.2) is 0 Å². The van der Waals surface area contributed by atoms with Crippen LogP contribution in [0.5, 0.6) is 0 Å². The molecule has 2 saturated heterocycles. The van der Waals surface area contributed by atoms with Crippen molar-refractivity contribution < 1.29 is 29.0 Å². The van der Waals surface area contributed by atoms with Crippen LogP contribution in [0.15, 0.2) is 30.3 Å². The second kappa shape index (κ2) is 10.0. The van der Waals surface area contributed by atoms with Crippen molar-refractivity contribution in [2.75, 3.05) is 33.3 Å². The third-order valence-electron chi connectivity index (χ3n) is 5.40. The van der Waals surface area contributed by atoms with Gasteiger partial charge in [-0.1, -0.05) is 30.3 Å². The standard InChI is InChI=1S/C19H25N3O4.CH2O2/c1-14(23)20-10-8-17(24)22-11-9-19(15-6-4-3-5-7-15)16(12-22)26-13-18(25)21(19)2;2-1-3/h3-7,16H,8-13H2,1-2H3,(H,20,23);1H,(H,2,3)/t16-,19+;/m1./s1. The Hall–Kier alpha value is -2.94. The molecule has 0 aromatic heterocycles. The zero-order valence-corrected chi connectivity index (χ0v) is 16.7. The first kappa shape index (κ1) is 22.4. The number of rotatable bonds is 4. The molecule has 158 valence electrons. The van der Waals surface area contributed by atoms with Crippen LogP contribution < -0.4 is 5.32 Å². The molecule has 0 saturated carbocycles. The monoisotopic (exact) mass is 405 g/mol. The topological polar surface area (TPSA) is 116 Å². The molecule has 1 aromatic rings. The van der Waals surface area contributed by atoms with Crippen molar-refractivity contribution in [2.45, 2.75) is 31.4 Å². The Balaban J connectivity index is 0.000000941. The van der Waals surface area contributed by atoms with Crippen LogP contribution in [0.4, 0.5) is 0 Å². The highest BCUT2D eigenvalue weighted by molar-refractivity contribution is 5.80. The molecule has 29 heavy (non-hydrogen) atoms. The minimum absolute atomic E-state index is 0.0106. The van der Waals surface area contributed by atoms with Crippen molar-refractivity contribution in [3.8, 4) is 0 Å². The number of carbonyl (C=O) groups is 4. The summed E-state index contributed by atoms with van der Waals surface area (Å²) in [5.74, 6) is -0.200. The molecule has 2 atom stereocenters. The fourth-order valence-electron chi connectivity index (χ4n) is 3.96. The highest BCUT2D eigenvalue weighted by atomic mass is 16.5. The Kier molecular flexibility index (Phi) is 7.72. The fourth-order valence-corrected chi connectivity index (χ4v) is 3.96. The Labute approximate surface area is 169 Å². The molecule has 0 aliphatic carbocycles. The molecule has 3 amide bonds. The van der Waals surface area contributed by atoms with Gasteiger partial charge in [-0.2, -0.15) is 0 Å². The Bertz CT molecular complexity index is 741. The Morgan fingerprint density at radius 3 is 2.62 bits per heavy atom. The summed E-state index contributed by atoms with van der Waals surface area (Å²) >= 11 is 0. The number of ether oxygens (including phenoxy) is 1. The summed E-state index contributed by atoms with van der Waals surface area (Å²) in [6.07, 6.45) is 0.612. The van der Waals surface area contributed by atoms with Crippen molar-refractivity contribution >= 4 is 24.2 Å². The van der Waals surface area contributed by atoms with E-state index in [0.29, 0.717) is 26.1 Å². The van der Waals surface area contributed by atoms with Crippen molar-refractivity contribution in [1.82, 2.24) is 15.1 Å². The lowest BCUT2D eigenvalue weighted by atomic mass is 9.76. The van der Waals surface area contributed by atoms with E-state index in [0.717, 1.165) is 5.56 Å². The van der Waals surface area contributed by atoms with Gasteiger partial charge >= 0.3 is 0 Å². The molecule has 2 N–H and O–H groups in total. The van der Waals surface area contributed by atoms with Gasteiger partial charge in [-0.05, 0) is 12.0 Å². The molecule has 0 unspecified atom stereocenters. The van der Waals surface area contributed by atoms with Crippen LogP contribution in [-0.4, -0.2) is 78.5 Å². The molecule has 2 aliphatic heterocycles. The van der Waals surface area contributed by atoms with Crippen molar-refractivity contribution in [3.63, 3.8) is 0 Å². The van der Waals surface area contributed by atoms with Crippen LogP contribution in [-0.2, 0) is 29.5 Å². The summed E-state index contributed by atoms with van der Waals surface area (Å²) in [4.78, 5) is 47.7. The average Bonchev–Trinajstić information content (AvgIpc) is 2.71. The molecule has 0 spiro atoms. The number of likely N-dealkylation sites (N-methyl/N-ethyl adjacent to an activating group) is 1. The normalized spacial score (nSPS) is 23.4. The van der Waals surface area contributed by atoms with E-state index in [2.05, 4.69) is 5.32 Å². The highest BCUT2D eigenvalue weighted by Gasteiger charge is 2.53. The van der Waals surface area contributed by atoms with E-state index in [1.54, 1.807) is 9.80 Å². The molecule has 9 nitrogen and oxygen atoms in total. The molecule has 3 rings (SSSR count). The van der Waals surface area contributed by atoms with Crippen LogP contribution in [0.3, 0.4) is 0 Å². The van der Waals surface area contributed by atoms with Gasteiger partial charge in [0.2, 0.25) is 17.7 Å². The molecule has 2 heterocycles. The minimum Gasteiger partial charge on any atom is -0.483 e. The lowest BCUT2D eigenvalue weighted by Crippen LogP contribution is -2.67. The first-order chi connectivity index (χ1) is 13.9. The van der Waals surface area contributed by atoms with Gasteiger partial charge in [0.05, 0.1) is 5.54 Å². The van der Waals surface area contributed by atoms with Crippen molar-refractivity contribution in [1.29, 1.82) is 0 Å². The molecule has 1 aromatic carbocycles. The van der Waals surface area contributed by atoms with Crippen LogP contribution in [0.2, 0.25) is 0 Å². The molecule has 2 aliphatic rings. The molecular weight excluding hydrogens is 378 g/mol. The number of carboxylic acid groups (broad SMARTS) is 1. The number of hydrogen-bond donors (Lipinski definition) is 2. The van der Waals surface area contributed by atoms with Crippen LogP contribution >= 0.6 is 0 Å². The summed E-state index contributed by atoms with van der Waals surface area (Å²) in [6, 6.07) is 9.89. The molecular formula is C20H27N3O6. The van der Waals surface area contributed by atoms with Gasteiger partial charge in [-0.3, -0.25) is 19.2 Å². The van der Waals surface area contributed by atoms with Crippen molar-refractivity contribution in [3.05, 3.63) is 35.9 Å². The molecule has 2 fully saturated rings. The zero-order chi connectivity index (χ0) is 21.4. The lowest BCUT2D eigenvalue weighted by molar-refractivity contribution is -0.184. The predicted octanol–water partition coefficient (Wildman–Crippen LogP) is 0.198. The van der Waals surface area contributed by atoms with Crippen LogP contribution in [0.1, 0.15) is 25.3 Å². The number of morpholine rings is 1. The number of carbonyl (C=O) groups excluding carboxylic acids is 3. The van der Waals surface area contributed by atoms with Gasteiger partial charge in [0, 0.05) is 40.0 Å². The largest absolute Gasteiger partial charge is 0.483 e. The molecule has 0 bridgehead atoms. The maximum absolute atomic E-state index is 12.5. The third-order valence-corrected chi connectivity index (χ3v) is 5.40. The van der Waals surface area contributed by atoms with E-state index in [1.165, 1.54) is 6.92 Å². The van der Waals surface area contributed by atoms with E-state index >= 15 is 0 Å². The third kappa shape index (κ3) is 4.92. The number of fused-ring (bicyclic) bond motifs is 1. The maximum atomic E-state index is 12.5. The number of nitrogens with zero attached hydrogens (tertiary/aromatic N) is 2. The SMILES string of the molecule is CC(=O)NCCC(=O)N1CC[C@]2(c3ccccc3)[C@@H](C1)OCC(=O)N2C.O=CO. The summed E-state index contributed by atoms with van der Waals surface area (Å²) in [6.45, 7) is 2.53. The van der Waals surface area contributed by atoms with Crippen molar-refractivity contribution in [2.24, 2.45) is 0 Å². The summed E-state index contributed by atoms with van der Waals surface area (Å²) in [5, 5.41) is 9.54. The first-order valence-electron chi connectivity index (χ1n) is 9.40. The van der Waals surface area contributed by atoms with Crippen LogP contribution in [0, 0.1) is 0 Å². The van der Waals surface area contributed by atoms with Gasteiger partial charge in [-0.25, -0.2) is 0 Å². The fraction of sp³-hybridized carbons (Fsp3) is 0.500. The summed E-state index contributed by atoms with van der Waals surface area (Å²) in [5.41, 5.74) is 0.483. The first-order valence-corrected chi connectivity index (χ1v) is 9.40. The molecule has 0 radical (unpaired) electrons. The number of piperidine rings is 1. The van der Waals surface area contributed by atoms with E-state index < -0.39 is 5.54 Å². The quantitative estimate of drug-likeness (QED) is 0.692. The number of benzene rings is 1. The summed E-state index contributed by atoms with van der Waals surface area (Å²) < 4.78 is 5.89. The number of hydrogen-bond acceptors (Lipinski definition) is 5. The van der Waals surface area contributed by atoms with Gasteiger partial charge in [-0.15, -0.1) is 0 Å². The van der Waals surface area contributed by atoms with Gasteiger partial charge in [0.25, 0.3) is 6.47 Å². The zero-order valence-electron chi connectivity index (χ0n) is 16.7. The minimum atomic E-state index is -0.551. The Morgan fingerprint density at radius 1 is 1.34 bits per heavy atom. The Morgan fingerprint density at radius 2 is 2.00 bits per heavy atom. The lowest BCUT2D eigenvalue weighted by Gasteiger charge is -2.54. The summed E-state index contributed by atoms with van der Waals surface area (Å²) in [7, 11) is 1.82. The maximum Gasteiger partial charge on any atom is 0.290 e. The van der Waals surface area contributed by atoms with E-state index in [4.69, 9.17) is 14.6 Å². The number of amides is 3. The second-order valence-electron chi connectivity index (χ2n) is 6.97. The van der Waals surface area contributed by atoms with Gasteiger partial charge in [0.1, 0.15) is 12.7 Å². The van der Waals surface area contributed by atoms with Gasteiger partial charge < -0.3 is 25.0 Å². The second-order valence-corrected chi connectivity index (χ2v) is 6.97. The average molecular weight is 405 g/mol. The van der Waals surface area contributed by atoms with E-state index in [1.807, 2.05) is 37.4 Å². The smallest absolute Gasteiger partial charge is 0.290 e. The number of likely N-dealkylation sites (tertiary alicyclic amines) is 1. The van der Waals surface area contributed by atoms with E-state index in [-0.39, 0.29) is 43.3 Å². The molecule has 9 heteroatoms. The predicted molar refractivity (Wildman–Crippen MR) is 104 cm³/mol.